The number of aromatic nitrogens is 2. The van der Waals surface area contributed by atoms with Crippen molar-refractivity contribution in [3.8, 4) is 11.4 Å². The van der Waals surface area contributed by atoms with Gasteiger partial charge in [-0.1, -0.05) is 23.2 Å². The van der Waals surface area contributed by atoms with Crippen LogP contribution in [0, 0.1) is 0 Å². The third-order valence-electron chi connectivity index (χ3n) is 2.14. The van der Waals surface area contributed by atoms with Crippen LogP contribution in [0.3, 0.4) is 0 Å². The molecule has 88 valence electrons. The van der Waals surface area contributed by atoms with E-state index in [9.17, 15) is 0 Å². The molecule has 1 aromatic heterocycles. The normalized spacial score (nSPS) is 10.5. The molecule has 17 heavy (non-hydrogen) atoms. The molecule has 0 saturated carbocycles. The Hall–Kier alpha value is -1.16. The largest absolute Gasteiger partial charge is 0.378 e. The van der Waals surface area contributed by atoms with Crippen LogP contribution in [-0.2, 0) is 11.3 Å². The number of halogens is 2. The molecule has 3 nitrogen and oxygen atoms in total. The van der Waals surface area contributed by atoms with E-state index < -0.39 is 0 Å². The van der Waals surface area contributed by atoms with Crippen LogP contribution in [0.4, 0.5) is 0 Å². The minimum atomic E-state index is 0.400. The van der Waals surface area contributed by atoms with Crippen molar-refractivity contribution in [2.75, 3.05) is 7.11 Å². The van der Waals surface area contributed by atoms with E-state index in [0.717, 1.165) is 11.3 Å². The van der Waals surface area contributed by atoms with E-state index in [4.69, 9.17) is 27.9 Å². The van der Waals surface area contributed by atoms with Gasteiger partial charge in [0.2, 0.25) is 0 Å². The Morgan fingerprint density at radius 1 is 1.12 bits per heavy atom. The van der Waals surface area contributed by atoms with E-state index in [0.29, 0.717) is 22.6 Å². The Morgan fingerprint density at radius 3 is 2.47 bits per heavy atom. The molecule has 0 aliphatic rings. The number of hydrogen-bond donors (Lipinski definition) is 0. The maximum absolute atomic E-state index is 5.93. The lowest BCUT2D eigenvalue weighted by atomic mass is 10.2. The zero-order valence-electron chi connectivity index (χ0n) is 9.15. The van der Waals surface area contributed by atoms with Crippen LogP contribution in [0.15, 0.2) is 30.3 Å². The molecule has 0 aliphatic heterocycles. The van der Waals surface area contributed by atoms with Crippen molar-refractivity contribution in [2.45, 2.75) is 6.61 Å². The van der Waals surface area contributed by atoms with Crippen molar-refractivity contribution >= 4 is 23.2 Å². The van der Waals surface area contributed by atoms with Gasteiger partial charge in [0.05, 0.1) is 12.3 Å². The van der Waals surface area contributed by atoms with Gasteiger partial charge in [-0.25, -0.2) is 9.97 Å². The topological polar surface area (TPSA) is 35.0 Å². The van der Waals surface area contributed by atoms with Crippen molar-refractivity contribution in [3.63, 3.8) is 0 Å². The summed E-state index contributed by atoms with van der Waals surface area (Å²) in [6.07, 6.45) is 0. The Labute approximate surface area is 109 Å². The molecule has 1 heterocycles. The van der Waals surface area contributed by atoms with Crippen molar-refractivity contribution in [1.29, 1.82) is 0 Å². The fourth-order valence-electron chi connectivity index (χ4n) is 1.41. The summed E-state index contributed by atoms with van der Waals surface area (Å²) >= 11 is 11.8. The summed E-state index contributed by atoms with van der Waals surface area (Å²) in [5.41, 5.74) is 1.62. The molecule has 0 atom stereocenters. The van der Waals surface area contributed by atoms with Crippen LogP contribution in [0.2, 0.25) is 10.2 Å². The van der Waals surface area contributed by atoms with Crippen molar-refractivity contribution in [2.24, 2.45) is 0 Å². The van der Waals surface area contributed by atoms with Crippen molar-refractivity contribution < 1.29 is 4.74 Å². The molecule has 5 heteroatoms. The Morgan fingerprint density at radius 2 is 1.82 bits per heavy atom. The van der Waals surface area contributed by atoms with Crippen LogP contribution in [0.5, 0.6) is 0 Å². The van der Waals surface area contributed by atoms with Crippen molar-refractivity contribution in [3.05, 3.63) is 46.2 Å². The second-order valence-corrected chi connectivity index (χ2v) is 4.27. The SMILES string of the molecule is COCc1cc(Cl)nc(-c2ccc(Cl)cc2)n1. The van der Waals surface area contributed by atoms with E-state index in [1.807, 2.05) is 12.1 Å². The first-order valence-corrected chi connectivity index (χ1v) is 5.73. The van der Waals surface area contributed by atoms with Crippen LogP contribution in [-0.4, -0.2) is 17.1 Å². The highest BCUT2D eigenvalue weighted by Crippen LogP contribution is 2.20. The lowest BCUT2D eigenvalue weighted by Gasteiger charge is -2.04. The second kappa shape index (κ2) is 5.45. The molecule has 0 unspecified atom stereocenters. The molecule has 2 aromatic rings. The molecule has 0 fully saturated rings. The maximum atomic E-state index is 5.93. The van der Waals surface area contributed by atoms with Gasteiger partial charge >= 0.3 is 0 Å². The first-order chi connectivity index (χ1) is 8.19. The Kier molecular flexibility index (Phi) is 3.94. The Bertz CT molecular complexity index is 514. The number of methoxy groups -OCH3 is 1. The van der Waals surface area contributed by atoms with Gasteiger partial charge in [-0.2, -0.15) is 0 Å². The minimum absolute atomic E-state index is 0.400. The van der Waals surface area contributed by atoms with E-state index in [1.54, 1.807) is 25.3 Å². The van der Waals surface area contributed by atoms with E-state index >= 15 is 0 Å². The standard InChI is InChI=1S/C12H10Cl2N2O/c1-17-7-10-6-11(14)16-12(15-10)8-2-4-9(13)5-3-8/h2-6H,7H2,1H3. The van der Waals surface area contributed by atoms with Crippen LogP contribution in [0.25, 0.3) is 11.4 Å². The molecule has 0 N–H and O–H groups in total. The second-order valence-electron chi connectivity index (χ2n) is 3.45. The van der Waals surface area contributed by atoms with Gasteiger partial charge in [-0.05, 0) is 30.3 Å². The number of benzene rings is 1. The van der Waals surface area contributed by atoms with E-state index in [2.05, 4.69) is 9.97 Å². The first-order valence-electron chi connectivity index (χ1n) is 4.97. The summed E-state index contributed by atoms with van der Waals surface area (Å²) in [6, 6.07) is 8.97. The van der Waals surface area contributed by atoms with Gasteiger partial charge in [-0.15, -0.1) is 0 Å². The molecule has 0 bridgehead atoms. The third-order valence-corrected chi connectivity index (χ3v) is 2.59. The summed E-state index contributed by atoms with van der Waals surface area (Å²) in [6.45, 7) is 0.406. The smallest absolute Gasteiger partial charge is 0.161 e. The summed E-state index contributed by atoms with van der Waals surface area (Å²) in [7, 11) is 1.61. The van der Waals surface area contributed by atoms with Gasteiger partial charge in [-0.3, -0.25) is 0 Å². The maximum Gasteiger partial charge on any atom is 0.161 e. The van der Waals surface area contributed by atoms with Gasteiger partial charge < -0.3 is 4.74 Å². The molecule has 0 aliphatic carbocycles. The fourth-order valence-corrected chi connectivity index (χ4v) is 1.75. The summed E-state index contributed by atoms with van der Waals surface area (Å²) < 4.78 is 5.02. The molecule has 1 aromatic carbocycles. The number of hydrogen-bond acceptors (Lipinski definition) is 3. The number of rotatable bonds is 3. The molecule has 0 spiro atoms. The highest BCUT2D eigenvalue weighted by atomic mass is 35.5. The van der Waals surface area contributed by atoms with Gasteiger partial charge in [0, 0.05) is 17.7 Å². The molecule has 0 radical (unpaired) electrons. The molecular formula is C12H10Cl2N2O. The van der Waals surface area contributed by atoms with Crippen LogP contribution < -0.4 is 0 Å². The number of ether oxygens (including phenoxy) is 1. The summed E-state index contributed by atoms with van der Waals surface area (Å²) in [4.78, 5) is 8.53. The van der Waals surface area contributed by atoms with Crippen LogP contribution in [0.1, 0.15) is 5.69 Å². The predicted octanol–water partition coefficient (Wildman–Crippen LogP) is 3.60. The van der Waals surface area contributed by atoms with E-state index in [-0.39, 0.29) is 0 Å². The molecule has 0 amide bonds. The summed E-state index contributed by atoms with van der Waals surface area (Å²) in [5, 5.41) is 1.07. The number of nitrogens with zero attached hydrogens (tertiary/aromatic N) is 2. The fraction of sp³-hybridized carbons (Fsp3) is 0.167. The summed E-state index contributed by atoms with van der Waals surface area (Å²) in [5.74, 6) is 0.571. The van der Waals surface area contributed by atoms with Crippen LogP contribution >= 0.6 is 23.2 Å². The quantitative estimate of drug-likeness (QED) is 0.798. The minimum Gasteiger partial charge on any atom is -0.378 e. The highest BCUT2D eigenvalue weighted by molar-refractivity contribution is 6.30. The first kappa shape index (κ1) is 12.3. The van der Waals surface area contributed by atoms with E-state index in [1.165, 1.54) is 0 Å². The predicted molar refractivity (Wildman–Crippen MR) is 68.2 cm³/mol. The molecule has 2 rings (SSSR count). The molecular weight excluding hydrogens is 259 g/mol. The third kappa shape index (κ3) is 3.16. The van der Waals surface area contributed by atoms with Gasteiger partial charge in [0.25, 0.3) is 0 Å². The Balaban J connectivity index is 2.40. The monoisotopic (exact) mass is 268 g/mol. The van der Waals surface area contributed by atoms with Gasteiger partial charge in [0.15, 0.2) is 5.82 Å². The average molecular weight is 269 g/mol. The van der Waals surface area contributed by atoms with Gasteiger partial charge in [0.1, 0.15) is 5.15 Å². The zero-order chi connectivity index (χ0) is 12.3. The van der Waals surface area contributed by atoms with Crippen molar-refractivity contribution in [1.82, 2.24) is 9.97 Å². The zero-order valence-corrected chi connectivity index (χ0v) is 10.7. The lowest BCUT2D eigenvalue weighted by molar-refractivity contribution is 0.181. The highest BCUT2D eigenvalue weighted by Gasteiger charge is 2.05. The lowest BCUT2D eigenvalue weighted by Crippen LogP contribution is -1.97. The molecule has 0 saturated heterocycles. The average Bonchev–Trinajstić information content (AvgIpc) is 2.29.